The molecular formula is C15H28N2O3. The van der Waals surface area contributed by atoms with E-state index in [1.807, 2.05) is 0 Å². The molecular weight excluding hydrogens is 256 g/mol. The van der Waals surface area contributed by atoms with Gasteiger partial charge < -0.3 is 15.7 Å². The first-order chi connectivity index (χ1) is 9.59. The summed E-state index contributed by atoms with van der Waals surface area (Å²) in [6.45, 7) is 4.95. The van der Waals surface area contributed by atoms with Crippen molar-refractivity contribution in [1.82, 2.24) is 10.6 Å². The van der Waals surface area contributed by atoms with Gasteiger partial charge in [-0.2, -0.15) is 0 Å². The summed E-state index contributed by atoms with van der Waals surface area (Å²) < 4.78 is 0. The van der Waals surface area contributed by atoms with Gasteiger partial charge in [-0.3, -0.25) is 9.59 Å². The molecule has 20 heavy (non-hydrogen) atoms. The van der Waals surface area contributed by atoms with Gasteiger partial charge in [-0.1, -0.05) is 13.3 Å². The van der Waals surface area contributed by atoms with Gasteiger partial charge in [0.1, 0.15) is 0 Å². The minimum absolute atomic E-state index is 0.126. The molecule has 3 N–H and O–H groups in total. The third kappa shape index (κ3) is 7.48. The molecule has 1 amide bonds. The van der Waals surface area contributed by atoms with Crippen molar-refractivity contribution in [3.63, 3.8) is 0 Å². The number of hydrogen-bond acceptors (Lipinski definition) is 3. The van der Waals surface area contributed by atoms with Gasteiger partial charge in [-0.15, -0.1) is 0 Å². The minimum Gasteiger partial charge on any atom is -0.481 e. The molecule has 0 aromatic rings. The number of amides is 1. The summed E-state index contributed by atoms with van der Waals surface area (Å²) in [5.41, 5.74) is 0. The summed E-state index contributed by atoms with van der Waals surface area (Å²) in [5.74, 6) is 0.421. The van der Waals surface area contributed by atoms with E-state index in [-0.39, 0.29) is 12.3 Å². The van der Waals surface area contributed by atoms with E-state index in [1.54, 1.807) is 0 Å². The average molecular weight is 284 g/mol. The fraction of sp³-hybridized carbons (Fsp3) is 0.867. The Bertz CT molecular complexity index is 301. The Morgan fingerprint density at radius 2 is 2.15 bits per heavy atom. The van der Waals surface area contributed by atoms with Crippen LogP contribution >= 0.6 is 0 Å². The van der Waals surface area contributed by atoms with Crippen LogP contribution in [0.2, 0.25) is 0 Å². The van der Waals surface area contributed by atoms with Crippen molar-refractivity contribution < 1.29 is 14.7 Å². The number of carbonyl (C=O) groups excluding carboxylic acids is 1. The quantitative estimate of drug-likeness (QED) is 0.564. The first-order valence-corrected chi connectivity index (χ1v) is 7.79. The summed E-state index contributed by atoms with van der Waals surface area (Å²) in [6, 6.07) is 0. The molecule has 0 radical (unpaired) electrons. The van der Waals surface area contributed by atoms with Crippen molar-refractivity contribution in [3.05, 3.63) is 0 Å². The summed E-state index contributed by atoms with van der Waals surface area (Å²) in [6.07, 6.45) is 5.65. The Balaban J connectivity index is 2.03. The van der Waals surface area contributed by atoms with Crippen LogP contribution in [0.15, 0.2) is 0 Å². The lowest BCUT2D eigenvalue weighted by Gasteiger charge is -2.28. The third-order valence-electron chi connectivity index (χ3n) is 4.04. The standard InChI is InChI=1S/C15H28N2O3/c1-12(13-6-5-8-16-11-13)10-14(18)17-9-4-2-3-7-15(19)20/h12-13,16H,2-11H2,1H3,(H,17,18)(H,19,20). The second kappa shape index (κ2) is 9.75. The van der Waals surface area contributed by atoms with Crippen LogP contribution in [0.5, 0.6) is 0 Å². The molecule has 5 nitrogen and oxygen atoms in total. The van der Waals surface area contributed by atoms with Crippen LogP contribution < -0.4 is 10.6 Å². The average Bonchev–Trinajstić information content (AvgIpc) is 2.43. The highest BCUT2D eigenvalue weighted by Gasteiger charge is 2.21. The Morgan fingerprint density at radius 3 is 2.80 bits per heavy atom. The number of carbonyl (C=O) groups is 2. The van der Waals surface area contributed by atoms with Crippen LogP contribution in [-0.2, 0) is 9.59 Å². The van der Waals surface area contributed by atoms with Crippen LogP contribution in [-0.4, -0.2) is 36.6 Å². The van der Waals surface area contributed by atoms with Gasteiger partial charge in [0, 0.05) is 19.4 Å². The van der Waals surface area contributed by atoms with E-state index in [2.05, 4.69) is 17.6 Å². The van der Waals surface area contributed by atoms with Gasteiger partial charge in [0.2, 0.25) is 5.91 Å². The van der Waals surface area contributed by atoms with Crippen molar-refractivity contribution in [3.8, 4) is 0 Å². The fourth-order valence-electron chi connectivity index (χ4n) is 2.70. The Morgan fingerprint density at radius 1 is 1.35 bits per heavy atom. The fourth-order valence-corrected chi connectivity index (χ4v) is 2.70. The number of aliphatic carboxylic acids is 1. The molecule has 1 saturated heterocycles. The van der Waals surface area contributed by atoms with Crippen molar-refractivity contribution in [2.75, 3.05) is 19.6 Å². The second-order valence-electron chi connectivity index (χ2n) is 5.84. The zero-order chi connectivity index (χ0) is 14.8. The van der Waals surface area contributed by atoms with Crippen LogP contribution in [0.3, 0.4) is 0 Å². The van der Waals surface area contributed by atoms with Crippen LogP contribution in [0, 0.1) is 11.8 Å². The van der Waals surface area contributed by atoms with E-state index in [0.29, 0.717) is 31.2 Å². The lowest BCUT2D eigenvalue weighted by atomic mass is 9.85. The van der Waals surface area contributed by atoms with Crippen molar-refractivity contribution >= 4 is 11.9 Å². The molecule has 0 aromatic heterocycles. The van der Waals surface area contributed by atoms with Crippen molar-refractivity contribution in [2.24, 2.45) is 11.8 Å². The van der Waals surface area contributed by atoms with E-state index in [1.165, 1.54) is 12.8 Å². The number of hydrogen-bond donors (Lipinski definition) is 3. The molecule has 0 spiro atoms. The van der Waals surface area contributed by atoms with E-state index < -0.39 is 5.97 Å². The molecule has 116 valence electrons. The predicted molar refractivity (Wildman–Crippen MR) is 78.5 cm³/mol. The molecule has 1 rings (SSSR count). The van der Waals surface area contributed by atoms with E-state index in [4.69, 9.17) is 5.11 Å². The van der Waals surface area contributed by atoms with Crippen LogP contribution in [0.1, 0.15) is 51.9 Å². The van der Waals surface area contributed by atoms with Gasteiger partial charge in [0.05, 0.1) is 0 Å². The highest BCUT2D eigenvalue weighted by atomic mass is 16.4. The number of carboxylic acid groups (broad SMARTS) is 1. The molecule has 5 heteroatoms. The largest absolute Gasteiger partial charge is 0.481 e. The van der Waals surface area contributed by atoms with E-state index in [9.17, 15) is 9.59 Å². The molecule has 1 aliphatic heterocycles. The van der Waals surface area contributed by atoms with Crippen molar-refractivity contribution in [1.29, 1.82) is 0 Å². The lowest BCUT2D eigenvalue weighted by molar-refractivity contribution is -0.137. The lowest BCUT2D eigenvalue weighted by Crippen LogP contribution is -2.35. The van der Waals surface area contributed by atoms with E-state index in [0.717, 1.165) is 25.9 Å². The zero-order valence-corrected chi connectivity index (χ0v) is 12.5. The topological polar surface area (TPSA) is 78.4 Å². The number of carboxylic acids is 1. The molecule has 1 fully saturated rings. The van der Waals surface area contributed by atoms with Crippen molar-refractivity contribution in [2.45, 2.75) is 51.9 Å². The SMILES string of the molecule is CC(CC(=O)NCCCCCC(=O)O)C1CCCNC1. The number of piperidine rings is 1. The van der Waals surface area contributed by atoms with Crippen LogP contribution in [0.4, 0.5) is 0 Å². The zero-order valence-electron chi connectivity index (χ0n) is 12.5. The minimum atomic E-state index is -0.746. The highest BCUT2D eigenvalue weighted by Crippen LogP contribution is 2.22. The first-order valence-electron chi connectivity index (χ1n) is 7.79. The number of rotatable bonds is 9. The summed E-state index contributed by atoms with van der Waals surface area (Å²) in [7, 11) is 0. The maximum absolute atomic E-state index is 11.8. The molecule has 1 aliphatic rings. The predicted octanol–water partition coefficient (Wildman–Crippen LogP) is 1.77. The maximum atomic E-state index is 11.8. The Kier molecular flexibility index (Phi) is 8.26. The second-order valence-corrected chi connectivity index (χ2v) is 5.84. The van der Waals surface area contributed by atoms with E-state index >= 15 is 0 Å². The molecule has 2 unspecified atom stereocenters. The summed E-state index contributed by atoms with van der Waals surface area (Å²) >= 11 is 0. The molecule has 1 heterocycles. The normalized spacial score (nSPS) is 20.4. The first kappa shape index (κ1) is 17.0. The molecule has 0 saturated carbocycles. The monoisotopic (exact) mass is 284 g/mol. The molecule has 0 bridgehead atoms. The van der Waals surface area contributed by atoms with Gasteiger partial charge in [0.25, 0.3) is 0 Å². The third-order valence-corrected chi connectivity index (χ3v) is 4.04. The molecule has 0 aromatic carbocycles. The Labute approximate surface area is 121 Å². The summed E-state index contributed by atoms with van der Waals surface area (Å²) in [5, 5.41) is 14.8. The van der Waals surface area contributed by atoms with Crippen LogP contribution in [0.25, 0.3) is 0 Å². The Hall–Kier alpha value is -1.10. The number of nitrogens with one attached hydrogen (secondary N) is 2. The summed E-state index contributed by atoms with van der Waals surface area (Å²) in [4.78, 5) is 22.1. The van der Waals surface area contributed by atoms with Gasteiger partial charge in [-0.05, 0) is 50.6 Å². The highest BCUT2D eigenvalue weighted by molar-refractivity contribution is 5.76. The molecule has 2 atom stereocenters. The number of unbranched alkanes of at least 4 members (excludes halogenated alkanes) is 2. The molecule has 0 aliphatic carbocycles. The van der Waals surface area contributed by atoms with Gasteiger partial charge in [0.15, 0.2) is 0 Å². The maximum Gasteiger partial charge on any atom is 0.303 e. The smallest absolute Gasteiger partial charge is 0.303 e. The van der Waals surface area contributed by atoms with Gasteiger partial charge in [-0.25, -0.2) is 0 Å². The van der Waals surface area contributed by atoms with Gasteiger partial charge >= 0.3 is 5.97 Å².